The minimum atomic E-state index is -0.521. The van der Waals surface area contributed by atoms with Crippen LogP contribution in [0.4, 0.5) is 0 Å². The summed E-state index contributed by atoms with van der Waals surface area (Å²) < 4.78 is 13.5. The van der Waals surface area contributed by atoms with E-state index < -0.39 is 5.41 Å². The number of hydrogen-bond donors (Lipinski definition) is 0. The third-order valence-corrected chi connectivity index (χ3v) is 5.46. The van der Waals surface area contributed by atoms with Crippen molar-refractivity contribution < 1.29 is 14.3 Å². The molecule has 0 bridgehead atoms. The lowest BCUT2D eigenvalue weighted by Gasteiger charge is -2.40. The quantitative estimate of drug-likeness (QED) is 0.618. The van der Waals surface area contributed by atoms with E-state index >= 15 is 0 Å². The second-order valence-electron chi connectivity index (χ2n) is 7.36. The second-order valence-corrected chi connectivity index (χ2v) is 7.36. The van der Waals surface area contributed by atoms with E-state index in [1.807, 2.05) is 49.6 Å². The van der Waals surface area contributed by atoms with Crippen LogP contribution < -0.4 is 4.74 Å². The number of nitrogens with zero attached hydrogens (tertiary/aromatic N) is 3. The number of piperidine rings is 1. The lowest BCUT2D eigenvalue weighted by molar-refractivity contribution is -0.160. The smallest absolute Gasteiger partial charge is 0.313 e. The van der Waals surface area contributed by atoms with Gasteiger partial charge in [-0.1, -0.05) is 18.2 Å². The summed E-state index contributed by atoms with van der Waals surface area (Å²) in [6.07, 6.45) is 6.31. The highest BCUT2D eigenvalue weighted by atomic mass is 16.5. The molecule has 0 saturated carbocycles. The Labute approximate surface area is 167 Å². The average molecular weight is 386 g/mol. The fourth-order valence-corrected chi connectivity index (χ4v) is 3.98. The molecule has 28 heavy (non-hydrogen) atoms. The Morgan fingerprint density at radius 3 is 2.82 bits per heavy atom. The molecular weight excluding hydrogens is 354 g/mol. The van der Waals surface area contributed by atoms with Crippen molar-refractivity contribution in [3.63, 3.8) is 0 Å². The zero-order valence-corrected chi connectivity index (χ0v) is 17.0. The summed E-state index contributed by atoms with van der Waals surface area (Å²) in [6, 6.07) is 9.75. The van der Waals surface area contributed by atoms with Gasteiger partial charge in [0.25, 0.3) is 0 Å². The standard InChI is InChI=1S/C22H31N3O3/c1-3-25-15-13-23-20(25)17-24-14-8-11-22(18-24,21(26)27-4-2)12-16-28-19-9-6-5-7-10-19/h5-7,9-10,13,15H,3-4,8,11-12,14,16-18H2,1-2H3. The van der Waals surface area contributed by atoms with Gasteiger partial charge in [0.05, 0.1) is 25.2 Å². The number of aryl methyl sites for hydroxylation is 1. The maximum absolute atomic E-state index is 12.9. The molecule has 0 N–H and O–H groups in total. The monoisotopic (exact) mass is 385 g/mol. The van der Waals surface area contributed by atoms with Crippen LogP contribution in [0.25, 0.3) is 0 Å². The van der Waals surface area contributed by atoms with Crippen LogP contribution in [-0.4, -0.2) is 46.7 Å². The number of hydrogen-bond acceptors (Lipinski definition) is 5. The van der Waals surface area contributed by atoms with Crippen molar-refractivity contribution in [3.05, 3.63) is 48.5 Å². The zero-order chi connectivity index (χ0) is 19.8. The fraction of sp³-hybridized carbons (Fsp3) is 0.545. The van der Waals surface area contributed by atoms with E-state index in [0.29, 0.717) is 26.2 Å². The topological polar surface area (TPSA) is 56.6 Å². The van der Waals surface area contributed by atoms with Crippen LogP contribution in [0.5, 0.6) is 5.75 Å². The van der Waals surface area contributed by atoms with Gasteiger partial charge in [-0.15, -0.1) is 0 Å². The van der Waals surface area contributed by atoms with Crippen molar-refractivity contribution in [1.29, 1.82) is 0 Å². The van der Waals surface area contributed by atoms with Gasteiger partial charge in [-0.25, -0.2) is 4.98 Å². The summed E-state index contributed by atoms with van der Waals surface area (Å²) in [5, 5.41) is 0. The Bertz CT molecular complexity index is 746. The van der Waals surface area contributed by atoms with E-state index in [1.165, 1.54) is 0 Å². The predicted octanol–water partition coefficient (Wildman–Crippen LogP) is 3.52. The summed E-state index contributed by atoms with van der Waals surface area (Å²) in [4.78, 5) is 19.7. The molecule has 152 valence electrons. The van der Waals surface area contributed by atoms with Crippen LogP contribution in [0, 0.1) is 5.41 Å². The molecule has 0 spiro atoms. The molecule has 1 atom stereocenters. The Morgan fingerprint density at radius 1 is 1.25 bits per heavy atom. The molecule has 1 aromatic carbocycles. The van der Waals surface area contributed by atoms with Crippen molar-refractivity contribution in [2.24, 2.45) is 5.41 Å². The normalized spacial score (nSPS) is 20.1. The van der Waals surface area contributed by atoms with Crippen LogP contribution in [0.3, 0.4) is 0 Å². The van der Waals surface area contributed by atoms with Crippen LogP contribution in [0.1, 0.15) is 38.9 Å². The molecule has 0 radical (unpaired) electrons. The number of ether oxygens (including phenoxy) is 2. The van der Waals surface area contributed by atoms with E-state index in [2.05, 4.69) is 21.4 Å². The highest BCUT2D eigenvalue weighted by Gasteiger charge is 2.43. The van der Waals surface area contributed by atoms with E-state index in [9.17, 15) is 4.79 Å². The minimum absolute atomic E-state index is 0.102. The van der Waals surface area contributed by atoms with Gasteiger partial charge in [-0.3, -0.25) is 9.69 Å². The molecule has 1 unspecified atom stereocenters. The number of imidazole rings is 1. The predicted molar refractivity (Wildman–Crippen MR) is 108 cm³/mol. The Morgan fingerprint density at radius 2 is 2.07 bits per heavy atom. The Balaban J connectivity index is 1.68. The van der Waals surface area contributed by atoms with E-state index in [-0.39, 0.29) is 5.97 Å². The molecule has 1 saturated heterocycles. The highest BCUT2D eigenvalue weighted by Crippen LogP contribution is 2.36. The first-order chi connectivity index (χ1) is 13.7. The molecule has 1 aromatic heterocycles. The van der Waals surface area contributed by atoms with Crippen molar-refractivity contribution in [3.8, 4) is 5.75 Å². The average Bonchev–Trinajstić information content (AvgIpc) is 3.16. The van der Waals surface area contributed by atoms with Gasteiger partial charge < -0.3 is 14.0 Å². The van der Waals surface area contributed by atoms with Gasteiger partial charge in [-0.2, -0.15) is 0 Å². The number of likely N-dealkylation sites (tertiary alicyclic amines) is 1. The molecule has 0 amide bonds. The number of rotatable bonds is 9. The first kappa shape index (κ1) is 20.4. The fourth-order valence-electron chi connectivity index (χ4n) is 3.98. The minimum Gasteiger partial charge on any atom is -0.494 e. The van der Waals surface area contributed by atoms with Crippen molar-refractivity contribution in [2.45, 2.75) is 46.2 Å². The van der Waals surface area contributed by atoms with E-state index in [0.717, 1.165) is 44.0 Å². The molecule has 6 nitrogen and oxygen atoms in total. The van der Waals surface area contributed by atoms with Gasteiger partial charge in [-0.05, 0) is 51.8 Å². The number of carbonyl (C=O) groups is 1. The Kier molecular flexibility index (Phi) is 7.09. The lowest BCUT2D eigenvalue weighted by Crippen LogP contribution is -2.49. The molecular formula is C22H31N3O3. The first-order valence-electron chi connectivity index (χ1n) is 10.2. The highest BCUT2D eigenvalue weighted by molar-refractivity contribution is 5.77. The van der Waals surface area contributed by atoms with Crippen molar-refractivity contribution >= 4 is 5.97 Å². The van der Waals surface area contributed by atoms with Gasteiger partial charge in [0.1, 0.15) is 11.6 Å². The summed E-state index contributed by atoms with van der Waals surface area (Å²) in [7, 11) is 0. The lowest BCUT2D eigenvalue weighted by atomic mass is 9.77. The van der Waals surface area contributed by atoms with E-state index in [4.69, 9.17) is 9.47 Å². The number of benzene rings is 1. The Hall–Kier alpha value is -2.34. The summed E-state index contributed by atoms with van der Waals surface area (Å²) in [5.74, 6) is 1.78. The maximum atomic E-state index is 12.9. The molecule has 1 aliphatic rings. The number of para-hydroxylation sites is 1. The number of carbonyl (C=O) groups excluding carboxylic acids is 1. The first-order valence-corrected chi connectivity index (χ1v) is 10.2. The van der Waals surface area contributed by atoms with Crippen LogP contribution in [0.2, 0.25) is 0 Å². The van der Waals surface area contributed by atoms with Gasteiger partial charge >= 0.3 is 5.97 Å². The number of aromatic nitrogens is 2. The van der Waals surface area contributed by atoms with Crippen molar-refractivity contribution in [1.82, 2.24) is 14.5 Å². The van der Waals surface area contributed by atoms with Crippen molar-refractivity contribution in [2.75, 3.05) is 26.3 Å². The van der Waals surface area contributed by atoms with Gasteiger partial charge in [0.2, 0.25) is 0 Å². The largest absolute Gasteiger partial charge is 0.494 e. The molecule has 1 fully saturated rings. The third kappa shape index (κ3) is 4.93. The molecule has 6 heteroatoms. The summed E-state index contributed by atoms with van der Waals surface area (Å²) >= 11 is 0. The zero-order valence-electron chi connectivity index (χ0n) is 17.0. The molecule has 2 aromatic rings. The summed E-state index contributed by atoms with van der Waals surface area (Å²) in [5.41, 5.74) is -0.521. The molecule has 2 heterocycles. The van der Waals surface area contributed by atoms with E-state index in [1.54, 1.807) is 0 Å². The summed E-state index contributed by atoms with van der Waals surface area (Å²) in [6.45, 7) is 8.19. The second kappa shape index (κ2) is 9.73. The van der Waals surface area contributed by atoms with Crippen LogP contribution in [-0.2, 0) is 22.6 Å². The SMILES string of the molecule is CCOC(=O)C1(CCOc2ccccc2)CCCN(Cc2nccn2CC)C1. The van der Waals surface area contributed by atoms with Gasteiger partial charge in [0, 0.05) is 25.5 Å². The van der Waals surface area contributed by atoms with Crippen LogP contribution in [0.15, 0.2) is 42.7 Å². The maximum Gasteiger partial charge on any atom is 0.313 e. The molecule has 1 aliphatic heterocycles. The number of esters is 1. The molecule has 3 rings (SSSR count). The third-order valence-electron chi connectivity index (χ3n) is 5.46. The van der Waals surface area contributed by atoms with Crippen LogP contribution >= 0.6 is 0 Å². The molecule has 0 aliphatic carbocycles. The van der Waals surface area contributed by atoms with Gasteiger partial charge in [0.15, 0.2) is 0 Å².